The van der Waals surface area contributed by atoms with Gasteiger partial charge in [-0.05, 0) is 79.0 Å². The van der Waals surface area contributed by atoms with Crippen molar-refractivity contribution >= 4 is 11.8 Å². The van der Waals surface area contributed by atoms with Gasteiger partial charge in [0.05, 0.1) is 19.1 Å². The molecule has 2 fully saturated rings. The van der Waals surface area contributed by atoms with Crippen molar-refractivity contribution in [3.05, 3.63) is 65.7 Å². The van der Waals surface area contributed by atoms with E-state index in [2.05, 4.69) is 24.5 Å². The van der Waals surface area contributed by atoms with E-state index in [4.69, 9.17) is 4.74 Å². The molecule has 2 aromatic rings. The minimum atomic E-state index is -0.717. The first-order valence-corrected chi connectivity index (χ1v) is 13.5. The molecule has 0 saturated heterocycles. The Morgan fingerprint density at radius 3 is 2.32 bits per heavy atom. The first-order chi connectivity index (χ1) is 17.5. The van der Waals surface area contributed by atoms with Crippen molar-refractivity contribution in [3.63, 3.8) is 0 Å². The molecule has 2 aliphatic rings. The van der Waals surface area contributed by atoms with E-state index in [0.29, 0.717) is 38.6 Å². The van der Waals surface area contributed by atoms with Gasteiger partial charge in [-0.1, -0.05) is 56.3 Å². The van der Waals surface area contributed by atoms with Crippen molar-refractivity contribution in [1.82, 2.24) is 10.6 Å². The number of fused-ring (bicyclic) bond motifs is 1. The number of carbonyl (C=O) groups is 2. The third-order valence-corrected chi connectivity index (χ3v) is 8.84. The van der Waals surface area contributed by atoms with Crippen molar-refractivity contribution in [2.45, 2.75) is 83.9 Å². The number of rotatable bonds is 9. The predicted molar refractivity (Wildman–Crippen MR) is 145 cm³/mol. The molecule has 0 heterocycles. The SMILES string of the molecule is COc1ccc(CNC(=O)CC[C@]23CC[C@](C)(O)C[C@H]2C(C)(C)C[C@@H]3NC(=O)Cc2ccccc2)cc1. The first kappa shape index (κ1) is 27.2. The topological polar surface area (TPSA) is 87.7 Å². The molecule has 4 atom stereocenters. The van der Waals surface area contributed by atoms with Gasteiger partial charge in [0.15, 0.2) is 0 Å². The number of hydrogen-bond acceptors (Lipinski definition) is 4. The second-order valence-electron chi connectivity index (χ2n) is 12.1. The third-order valence-electron chi connectivity index (χ3n) is 8.84. The lowest BCUT2D eigenvalue weighted by molar-refractivity contribution is -0.125. The number of methoxy groups -OCH3 is 1. The molecule has 2 saturated carbocycles. The molecule has 200 valence electrons. The van der Waals surface area contributed by atoms with Gasteiger partial charge in [0.1, 0.15) is 5.75 Å². The maximum Gasteiger partial charge on any atom is 0.224 e. The van der Waals surface area contributed by atoms with Gasteiger partial charge in [-0.25, -0.2) is 0 Å². The Balaban J connectivity index is 1.46. The Hall–Kier alpha value is -2.86. The Bertz CT molecular complexity index is 1080. The molecule has 0 aliphatic heterocycles. The Kier molecular flexibility index (Phi) is 7.98. The van der Waals surface area contributed by atoms with Crippen LogP contribution in [-0.4, -0.2) is 35.7 Å². The molecular formula is C31H42N2O4. The van der Waals surface area contributed by atoms with E-state index in [1.165, 1.54) is 0 Å². The van der Waals surface area contributed by atoms with Crippen LogP contribution in [0.2, 0.25) is 0 Å². The van der Waals surface area contributed by atoms with Crippen molar-refractivity contribution in [3.8, 4) is 5.75 Å². The molecule has 0 bridgehead atoms. The average Bonchev–Trinajstić information content (AvgIpc) is 3.07. The van der Waals surface area contributed by atoms with Gasteiger partial charge in [0, 0.05) is 19.0 Å². The van der Waals surface area contributed by atoms with Gasteiger partial charge in [0.2, 0.25) is 11.8 Å². The monoisotopic (exact) mass is 506 g/mol. The number of benzene rings is 2. The summed E-state index contributed by atoms with van der Waals surface area (Å²) in [7, 11) is 1.63. The predicted octanol–water partition coefficient (Wildman–Crippen LogP) is 4.79. The lowest BCUT2D eigenvalue weighted by Gasteiger charge is -2.50. The smallest absolute Gasteiger partial charge is 0.224 e. The van der Waals surface area contributed by atoms with Crippen LogP contribution in [0, 0.1) is 16.7 Å². The summed E-state index contributed by atoms with van der Waals surface area (Å²) in [6.45, 7) is 6.90. The molecule has 0 spiro atoms. The van der Waals surface area contributed by atoms with Gasteiger partial charge < -0.3 is 20.5 Å². The highest BCUT2D eigenvalue weighted by atomic mass is 16.5. The summed E-state index contributed by atoms with van der Waals surface area (Å²) < 4.78 is 5.21. The van der Waals surface area contributed by atoms with Crippen LogP contribution in [0.25, 0.3) is 0 Å². The zero-order chi connectivity index (χ0) is 26.7. The highest BCUT2D eigenvalue weighted by molar-refractivity contribution is 5.79. The second kappa shape index (κ2) is 10.9. The van der Waals surface area contributed by atoms with Crippen LogP contribution in [0.1, 0.15) is 70.4 Å². The van der Waals surface area contributed by atoms with Gasteiger partial charge in [-0.2, -0.15) is 0 Å². The lowest BCUT2D eigenvalue weighted by Crippen LogP contribution is -2.53. The maximum absolute atomic E-state index is 13.1. The van der Waals surface area contributed by atoms with Crippen molar-refractivity contribution < 1.29 is 19.4 Å². The van der Waals surface area contributed by atoms with E-state index in [-0.39, 0.29) is 34.6 Å². The minimum Gasteiger partial charge on any atom is -0.497 e. The molecule has 0 aromatic heterocycles. The Morgan fingerprint density at radius 1 is 0.946 bits per heavy atom. The number of ether oxygens (including phenoxy) is 1. The van der Waals surface area contributed by atoms with Crippen LogP contribution in [0.3, 0.4) is 0 Å². The molecule has 37 heavy (non-hydrogen) atoms. The van der Waals surface area contributed by atoms with Crippen LogP contribution >= 0.6 is 0 Å². The van der Waals surface area contributed by atoms with Crippen LogP contribution in [-0.2, 0) is 22.6 Å². The van der Waals surface area contributed by atoms with Crippen LogP contribution in [0.15, 0.2) is 54.6 Å². The van der Waals surface area contributed by atoms with E-state index in [1.54, 1.807) is 7.11 Å². The summed E-state index contributed by atoms with van der Waals surface area (Å²) in [5.41, 5.74) is 1.04. The van der Waals surface area contributed by atoms with Crippen molar-refractivity contribution in [1.29, 1.82) is 0 Å². The van der Waals surface area contributed by atoms with E-state index in [0.717, 1.165) is 29.7 Å². The summed E-state index contributed by atoms with van der Waals surface area (Å²) in [5.74, 6) is 1.05. The molecule has 0 unspecified atom stereocenters. The third kappa shape index (κ3) is 6.35. The van der Waals surface area contributed by atoms with Gasteiger partial charge in [-0.15, -0.1) is 0 Å². The van der Waals surface area contributed by atoms with Gasteiger partial charge in [0.25, 0.3) is 0 Å². The molecule has 2 amide bonds. The normalized spacial score (nSPS) is 28.2. The quantitative estimate of drug-likeness (QED) is 0.457. The molecule has 0 radical (unpaired) electrons. The maximum atomic E-state index is 13.1. The second-order valence-corrected chi connectivity index (χ2v) is 12.1. The summed E-state index contributed by atoms with van der Waals surface area (Å²) in [5, 5.41) is 17.4. The standard InChI is InChI=1S/C31H42N2O4/c1-29(2)20-26(33-28(35)18-22-8-6-5-7-9-22)31(17-16-30(3,36)19-25(29)31)15-14-27(34)32-21-23-10-12-24(37-4)13-11-23/h5-13,25-26,36H,14-21H2,1-4H3,(H,32,34)(H,33,35)/t25-,26-,30-,31-/m0/s1. The zero-order valence-electron chi connectivity index (χ0n) is 22.7. The number of aliphatic hydroxyl groups is 1. The Labute approximate surface area is 221 Å². The fourth-order valence-electron chi connectivity index (χ4n) is 6.84. The fourth-order valence-corrected chi connectivity index (χ4v) is 6.84. The lowest BCUT2D eigenvalue weighted by atomic mass is 9.57. The van der Waals surface area contributed by atoms with Crippen molar-refractivity contribution in [2.24, 2.45) is 16.7 Å². The number of nitrogens with one attached hydrogen (secondary N) is 2. The number of carbonyl (C=O) groups excluding carboxylic acids is 2. The minimum absolute atomic E-state index is 0.0142. The number of amides is 2. The molecule has 2 aliphatic carbocycles. The fraction of sp³-hybridized carbons (Fsp3) is 0.548. The molecule has 4 rings (SSSR count). The molecule has 6 heteroatoms. The van der Waals surface area contributed by atoms with Crippen molar-refractivity contribution in [2.75, 3.05) is 7.11 Å². The first-order valence-electron chi connectivity index (χ1n) is 13.5. The average molecular weight is 507 g/mol. The van der Waals surface area contributed by atoms with Crippen LogP contribution < -0.4 is 15.4 Å². The van der Waals surface area contributed by atoms with Gasteiger partial charge >= 0.3 is 0 Å². The molecule has 3 N–H and O–H groups in total. The highest BCUT2D eigenvalue weighted by Crippen LogP contribution is 2.63. The van der Waals surface area contributed by atoms with Gasteiger partial charge in [-0.3, -0.25) is 9.59 Å². The summed E-state index contributed by atoms with van der Waals surface area (Å²) in [4.78, 5) is 26.1. The summed E-state index contributed by atoms with van der Waals surface area (Å²) in [6, 6.07) is 17.5. The van der Waals surface area contributed by atoms with E-state index in [9.17, 15) is 14.7 Å². The largest absolute Gasteiger partial charge is 0.497 e. The highest BCUT2D eigenvalue weighted by Gasteiger charge is 2.61. The molecule has 6 nitrogen and oxygen atoms in total. The van der Waals surface area contributed by atoms with E-state index < -0.39 is 5.60 Å². The zero-order valence-corrected chi connectivity index (χ0v) is 22.7. The number of hydrogen-bond donors (Lipinski definition) is 3. The molecule has 2 aromatic carbocycles. The van der Waals surface area contributed by atoms with E-state index in [1.807, 2.05) is 61.5 Å². The Morgan fingerprint density at radius 2 is 1.65 bits per heavy atom. The summed E-state index contributed by atoms with van der Waals surface area (Å²) >= 11 is 0. The van der Waals surface area contributed by atoms with Crippen LogP contribution in [0.4, 0.5) is 0 Å². The van der Waals surface area contributed by atoms with E-state index >= 15 is 0 Å². The van der Waals surface area contributed by atoms with Crippen LogP contribution in [0.5, 0.6) is 5.75 Å². The summed E-state index contributed by atoms with van der Waals surface area (Å²) in [6.07, 6.45) is 4.46. The molecular weight excluding hydrogens is 464 g/mol.